The van der Waals surface area contributed by atoms with Crippen molar-refractivity contribution in [1.29, 1.82) is 0 Å². The average Bonchev–Trinajstić information content (AvgIpc) is 2.90. The SMILES string of the molecule is Nc1ccc(-c2cc(-c3ccccn3)[nH]n2)cc1. The molecule has 0 saturated heterocycles. The summed E-state index contributed by atoms with van der Waals surface area (Å²) in [6, 6.07) is 15.4. The van der Waals surface area contributed by atoms with Crippen LogP contribution in [0.2, 0.25) is 0 Å². The lowest BCUT2D eigenvalue weighted by atomic mass is 10.1. The molecule has 0 spiro atoms. The Labute approximate surface area is 105 Å². The Bertz CT molecular complexity index is 641. The standard InChI is InChI=1S/C14H12N4/c15-11-6-4-10(5-7-11)13-9-14(18-17-13)12-3-1-2-8-16-12/h1-9H,15H2,(H,17,18). The summed E-state index contributed by atoms with van der Waals surface area (Å²) < 4.78 is 0. The lowest BCUT2D eigenvalue weighted by Crippen LogP contribution is -1.83. The number of nitrogens with zero attached hydrogens (tertiary/aromatic N) is 2. The van der Waals surface area contributed by atoms with Gasteiger partial charge in [0.25, 0.3) is 0 Å². The Kier molecular flexibility index (Phi) is 2.53. The van der Waals surface area contributed by atoms with Gasteiger partial charge in [-0.05, 0) is 30.3 Å². The summed E-state index contributed by atoms with van der Waals surface area (Å²) in [5, 5.41) is 7.28. The predicted molar refractivity (Wildman–Crippen MR) is 71.7 cm³/mol. The van der Waals surface area contributed by atoms with E-state index in [1.807, 2.05) is 48.5 Å². The van der Waals surface area contributed by atoms with E-state index < -0.39 is 0 Å². The van der Waals surface area contributed by atoms with E-state index in [4.69, 9.17) is 5.73 Å². The number of rotatable bonds is 2. The van der Waals surface area contributed by atoms with Crippen molar-refractivity contribution in [3.05, 3.63) is 54.7 Å². The third-order valence-electron chi connectivity index (χ3n) is 2.73. The van der Waals surface area contributed by atoms with E-state index in [1.54, 1.807) is 6.20 Å². The topological polar surface area (TPSA) is 67.6 Å². The first-order valence-electron chi connectivity index (χ1n) is 5.66. The van der Waals surface area contributed by atoms with E-state index in [-0.39, 0.29) is 0 Å². The summed E-state index contributed by atoms with van der Waals surface area (Å²) >= 11 is 0. The summed E-state index contributed by atoms with van der Waals surface area (Å²) in [6.45, 7) is 0. The van der Waals surface area contributed by atoms with Crippen LogP contribution in [0, 0.1) is 0 Å². The number of nitrogens with two attached hydrogens (primary N) is 1. The first-order valence-corrected chi connectivity index (χ1v) is 5.66. The van der Waals surface area contributed by atoms with Gasteiger partial charge >= 0.3 is 0 Å². The molecule has 0 aliphatic rings. The van der Waals surface area contributed by atoms with Crippen LogP contribution in [-0.4, -0.2) is 15.2 Å². The van der Waals surface area contributed by atoms with Gasteiger partial charge in [0.15, 0.2) is 0 Å². The normalized spacial score (nSPS) is 10.4. The molecule has 0 unspecified atom stereocenters. The maximum absolute atomic E-state index is 5.66. The number of hydrogen-bond donors (Lipinski definition) is 2. The van der Waals surface area contributed by atoms with Crippen molar-refractivity contribution in [1.82, 2.24) is 15.2 Å². The van der Waals surface area contributed by atoms with Crippen LogP contribution in [0.25, 0.3) is 22.6 Å². The molecule has 0 aliphatic heterocycles. The van der Waals surface area contributed by atoms with Crippen LogP contribution in [0.4, 0.5) is 5.69 Å². The Morgan fingerprint density at radius 3 is 2.50 bits per heavy atom. The monoisotopic (exact) mass is 236 g/mol. The second-order valence-corrected chi connectivity index (χ2v) is 4.00. The van der Waals surface area contributed by atoms with Crippen LogP contribution in [0.1, 0.15) is 0 Å². The van der Waals surface area contributed by atoms with E-state index in [1.165, 1.54) is 0 Å². The molecule has 0 saturated carbocycles. The van der Waals surface area contributed by atoms with Crippen LogP contribution in [0.3, 0.4) is 0 Å². The van der Waals surface area contributed by atoms with Gasteiger partial charge in [-0.2, -0.15) is 5.10 Å². The highest BCUT2D eigenvalue weighted by Crippen LogP contribution is 2.22. The molecule has 0 radical (unpaired) electrons. The fourth-order valence-corrected chi connectivity index (χ4v) is 1.78. The fraction of sp³-hybridized carbons (Fsp3) is 0. The van der Waals surface area contributed by atoms with Gasteiger partial charge in [-0.25, -0.2) is 0 Å². The Morgan fingerprint density at radius 1 is 0.944 bits per heavy atom. The number of anilines is 1. The van der Waals surface area contributed by atoms with Crippen LogP contribution in [0.5, 0.6) is 0 Å². The van der Waals surface area contributed by atoms with E-state index in [2.05, 4.69) is 15.2 Å². The molecule has 0 fully saturated rings. The van der Waals surface area contributed by atoms with Gasteiger partial charge in [0.2, 0.25) is 0 Å². The molecule has 0 bridgehead atoms. The van der Waals surface area contributed by atoms with Gasteiger partial charge in [0.05, 0.1) is 17.1 Å². The molecule has 4 nitrogen and oxygen atoms in total. The Balaban J connectivity index is 1.97. The fourth-order valence-electron chi connectivity index (χ4n) is 1.78. The molecule has 0 atom stereocenters. The van der Waals surface area contributed by atoms with Crippen molar-refractivity contribution in [2.75, 3.05) is 5.73 Å². The first-order chi connectivity index (χ1) is 8.83. The largest absolute Gasteiger partial charge is 0.399 e. The van der Waals surface area contributed by atoms with Gasteiger partial charge < -0.3 is 5.73 Å². The van der Waals surface area contributed by atoms with Crippen molar-refractivity contribution < 1.29 is 0 Å². The number of pyridine rings is 1. The number of hydrogen-bond acceptors (Lipinski definition) is 3. The molecule has 18 heavy (non-hydrogen) atoms. The Hall–Kier alpha value is -2.62. The Morgan fingerprint density at radius 2 is 1.78 bits per heavy atom. The van der Waals surface area contributed by atoms with Crippen molar-refractivity contribution in [2.45, 2.75) is 0 Å². The lowest BCUT2D eigenvalue weighted by Gasteiger charge is -1.96. The van der Waals surface area contributed by atoms with Crippen LogP contribution in [0.15, 0.2) is 54.7 Å². The number of aromatic nitrogens is 3. The average molecular weight is 236 g/mol. The lowest BCUT2D eigenvalue weighted by molar-refractivity contribution is 1.09. The third-order valence-corrected chi connectivity index (χ3v) is 2.73. The van der Waals surface area contributed by atoms with Gasteiger partial charge in [-0.3, -0.25) is 10.1 Å². The van der Waals surface area contributed by atoms with Gasteiger partial charge in [-0.15, -0.1) is 0 Å². The molecule has 2 aromatic heterocycles. The first kappa shape index (κ1) is 10.5. The van der Waals surface area contributed by atoms with Gasteiger partial charge in [0, 0.05) is 17.4 Å². The minimum Gasteiger partial charge on any atom is -0.399 e. The minimum atomic E-state index is 0.749. The van der Waals surface area contributed by atoms with E-state index in [9.17, 15) is 0 Å². The number of nitrogens with one attached hydrogen (secondary N) is 1. The number of nitrogen functional groups attached to an aromatic ring is 1. The predicted octanol–water partition coefficient (Wildman–Crippen LogP) is 2.72. The van der Waals surface area contributed by atoms with Crippen molar-refractivity contribution in [3.63, 3.8) is 0 Å². The molecule has 2 heterocycles. The molecular formula is C14H12N4. The van der Waals surface area contributed by atoms with E-state index in [0.29, 0.717) is 0 Å². The molecule has 3 rings (SSSR count). The second-order valence-electron chi connectivity index (χ2n) is 4.00. The highest BCUT2D eigenvalue weighted by atomic mass is 15.1. The maximum Gasteiger partial charge on any atom is 0.0927 e. The number of benzene rings is 1. The van der Waals surface area contributed by atoms with E-state index >= 15 is 0 Å². The summed E-state index contributed by atoms with van der Waals surface area (Å²) in [5.74, 6) is 0. The molecule has 0 amide bonds. The van der Waals surface area contributed by atoms with Gasteiger partial charge in [0.1, 0.15) is 0 Å². The molecule has 0 aliphatic carbocycles. The number of H-pyrrole nitrogens is 1. The molecule has 4 heteroatoms. The summed E-state index contributed by atoms with van der Waals surface area (Å²) in [4.78, 5) is 4.28. The molecule has 1 aromatic carbocycles. The summed E-state index contributed by atoms with van der Waals surface area (Å²) in [5.41, 5.74) is 10.1. The molecule has 88 valence electrons. The zero-order chi connectivity index (χ0) is 12.4. The van der Waals surface area contributed by atoms with Crippen LogP contribution < -0.4 is 5.73 Å². The van der Waals surface area contributed by atoms with Gasteiger partial charge in [-0.1, -0.05) is 18.2 Å². The van der Waals surface area contributed by atoms with Crippen molar-refractivity contribution in [2.24, 2.45) is 0 Å². The second kappa shape index (κ2) is 4.33. The van der Waals surface area contributed by atoms with Crippen molar-refractivity contribution >= 4 is 5.69 Å². The quantitative estimate of drug-likeness (QED) is 0.672. The molecule has 3 N–H and O–H groups in total. The van der Waals surface area contributed by atoms with Crippen LogP contribution in [-0.2, 0) is 0 Å². The highest BCUT2D eigenvalue weighted by molar-refractivity contribution is 5.67. The smallest absolute Gasteiger partial charge is 0.0927 e. The minimum absolute atomic E-state index is 0.749. The highest BCUT2D eigenvalue weighted by Gasteiger charge is 2.05. The zero-order valence-corrected chi connectivity index (χ0v) is 9.67. The van der Waals surface area contributed by atoms with E-state index in [0.717, 1.165) is 28.3 Å². The summed E-state index contributed by atoms with van der Waals surface area (Å²) in [6.07, 6.45) is 1.76. The summed E-state index contributed by atoms with van der Waals surface area (Å²) in [7, 11) is 0. The third kappa shape index (κ3) is 1.96. The molecular weight excluding hydrogens is 224 g/mol. The number of aromatic amines is 1. The van der Waals surface area contributed by atoms with Crippen molar-refractivity contribution in [3.8, 4) is 22.6 Å². The zero-order valence-electron chi connectivity index (χ0n) is 9.67. The molecule has 3 aromatic rings. The van der Waals surface area contributed by atoms with Crippen LogP contribution >= 0.6 is 0 Å². The maximum atomic E-state index is 5.66.